The van der Waals surface area contributed by atoms with Crippen molar-refractivity contribution in [1.82, 2.24) is 0 Å². The second-order valence-electron chi connectivity index (χ2n) is 10.4. The van der Waals surface area contributed by atoms with Crippen LogP contribution in [0.1, 0.15) is 34.0 Å². The van der Waals surface area contributed by atoms with Gasteiger partial charge in [-0.2, -0.15) is 0 Å². The number of hydrogen-bond donors (Lipinski definition) is 1. The van der Waals surface area contributed by atoms with E-state index in [1.807, 2.05) is 0 Å². The average Bonchev–Trinajstić information content (AvgIpc) is 3.11. The van der Waals surface area contributed by atoms with Crippen molar-refractivity contribution in [2.24, 2.45) is 5.73 Å². The van der Waals surface area contributed by atoms with Crippen LogP contribution < -0.4 is 5.73 Å². The molecule has 1 nitrogen and oxygen atoms in total. The molecule has 1 heterocycles. The van der Waals surface area contributed by atoms with Crippen LogP contribution in [0.5, 0.6) is 0 Å². The maximum Gasteiger partial charge on any atom is 0.0404 e. The third kappa shape index (κ3) is 4.23. The van der Waals surface area contributed by atoms with Crippen molar-refractivity contribution in [3.05, 3.63) is 156 Å². The van der Waals surface area contributed by atoms with Gasteiger partial charge < -0.3 is 5.73 Å². The van der Waals surface area contributed by atoms with Crippen molar-refractivity contribution < 1.29 is 0 Å². The zero-order valence-corrected chi connectivity index (χ0v) is 22.2. The van der Waals surface area contributed by atoms with Gasteiger partial charge in [-0.25, -0.2) is 0 Å². The van der Waals surface area contributed by atoms with Crippen LogP contribution in [0.25, 0.3) is 32.7 Å². The van der Waals surface area contributed by atoms with Crippen LogP contribution in [0.4, 0.5) is 0 Å². The van der Waals surface area contributed by atoms with E-state index >= 15 is 0 Å². The molecule has 2 atom stereocenters. The second-order valence-corrected chi connectivity index (χ2v) is 12.8. The van der Waals surface area contributed by atoms with E-state index < -0.39 is 7.92 Å². The first-order valence-electron chi connectivity index (χ1n) is 13.4. The maximum absolute atomic E-state index is 7.19. The average molecular weight is 508 g/mol. The van der Waals surface area contributed by atoms with Gasteiger partial charge in [0.1, 0.15) is 0 Å². The molecule has 38 heavy (non-hydrogen) atoms. The molecule has 0 unspecified atom stereocenters. The van der Waals surface area contributed by atoms with Crippen LogP contribution in [0, 0.1) is 0 Å². The molecule has 0 fully saturated rings. The van der Waals surface area contributed by atoms with Crippen LogP contribution in [0.15, 0.2) is 133 Å². The summed E-state index contributed by atoms with van der Waals surface area (Å²) in [5.41, 5.74) is 15.7. The van der Waals surface area contributed by atoms with Crippen molar-refractivity contribution in [1.29, 1.82) is 0 Å². The number of fused-ring (bicyclic) bond motifs is 5. The fraction of sp³-hybridized carbons (Fsp3) is 0.111. The summed E-state index contributed by atoms with van der Waals surface area (Å²) in [6, 6.07) is 48.9. The Hall–Kier alpha value is -3.77. The molecule has 1 aliphatic heterocycles. The Bertz CT molecular complexity index is 1660. The molecule has 2 heteroatoms. The lowest BCUT2D eigenvalue weighted by Gasteiger charge is -2.33. The molecule has 184 valence electrons. The monoisotopic (exact) mass is 507 g/mol. The first kappa shape index (κ1) is 23.4. The second kappa shape index (κ2) is 9.84. The van der Waals surface area contributed by atoms with E-state index in [9.17, 15) is 0 Å². The van der Waals surface area contributed by atoms with Gasteiger partial charge in [-0.1, -0.05) is 129 Å². The zero-order valence-electron chi connectivity index (χ0n) is 21.3. The normalized spacial score (nSPS) is 15.0. The summed E-state index contributed by atoms with van der Waals surface area (Å²) >= 11 is 0. The van der Waals surface area contributed by atoms with Crippen molar-refractivity contribution in [3.8, 4) is 11.1 Å². The molecule has 0 saturated heterocycles. The number of hydrogen-bond acceptors (Lipinski definition) is 1. The fourth-order valence-corrected chi connectivity index (χ4v) is 9.31. The van der Waals surface area contributed by atoms with Crippen LogP contribution in [0.3, 0.4) is 0 Å². The minimum atomic E-state index is -0.510. The van der Waals surface area contributed by atoms with Crippen molar-refractivity contribution in [2.75, 3.05) is 0 Å². The number of rotatable bonds is 4. The number of nitrogens with two attached hydrogens (primary N) is 1. The molecule has 6 aromatic rings. The quantitative estimate of drug-likeness (QED) is 0.236. The summed E-state index contributed by atoms with van der Waals surface area (Å²) in [4.78, 5) is 0. The highest BCUT2D eigenvalue weighted by atomic mass is 31.1. The Kier molecular flexibility index (Phi) is 6.05. The lowest BCUT2D eigenvalue weighted by molar-refractivity contribution is 0.693. The van der Waals surface area contributed by atoms with E-state index in [0.29, 0.717) is 0 Å². The molecule has 0 spiro atoms. The molecule has 0 aliphatic carbocycles. The molecule has 0 saturated carbocycles. The Morgan fingerprint density at radius 3 is 1.34 bits per heavy atom. The molecule has 2 N–H and O–H groups in total. The van der Waals surface area contributed by atoms with E-state index in [1.165, 1.54) is 54.9 Å². The van der Waals surface area contributed by atoms with Gasteiger partial charge in [-0.15, -0.1) is 0 Å². The van der Waals surface area contributed by atoms with E-state index in [1.54, 1.807) is 0 Å². The largest absolute Gasteiger partial charge is 0.323 e. The topological polar surface area (TPSA) is 26.0 Å². The summed E-state index contributed by atoms with van der Waals surface area (Å²) in [7, 11) is -0.510. The van der Waals surface area contributed by atoms with Gasteiger partial charge in [0.05, 0.1) is 0 Å². The molecule has 0 amide bonds. The van der Waals surface area contributed by atoms with Gasteiger partial charge in [0.25, 0.3) is 0 Å². The van der Waals surface area contributed by atoms with Crippen molar-refractivity contribution in [2.45, 2.75) is 24.0 Å². The lowest BCUT2D eigenvalue weighted by atomic mass is 9.92. The Labute approximate surface area is 225 Å². The van der Waals surface area contributed by atoms with Crippen molar-refractivity contribution in [3.63, 3.8) is 0 Å². The Balaban J connectivity index is 1.45. The maximum atomic E-state index is 7.19. The summed E-state index contributed by atoms with van der Waals surface area (Å²) < 4.78 is 0. The van der Waals surface area contributed by atoms with Crippen LogP contribution in [-0.2, 0) is 12.3 Å². The predicted octanol–water partition coefficient (Wildman–Crippen LogP) is 9.60. The SMILES string of the molecule is N[C@@H](c1ccccc1)[C@H](c1ccccc1)P1Cc2cc3ccccc3cc2-c2cc3ccccc3cc2C1. The zero-order chi connectivity index (χ0) is 25.5. The van der Waals surface area contributed by atoms with Gasteiger partial charge in [0.15, 0.2) is 0 Å². The van der Waals surface area contributed by atoms with Crippen molar-refractivity contribution >= 4 is 29.5 Å². The highest BCUT2D eigenvalue weighted by Gasteiger charge is 2.33. The third-order valence-electron chi connectivity index (χ3n) is 8.04. The summed E-state index contributed by atoms with van der Waals surface area (Å²) in [6.45, 7) is 0. The molecular weight excluding hydrogens is 477 g/mol. The van der Waals surface area contributed by atoms with E-state index in [-0.39, 0.29) is 11.7 Å². The standard InChI is InChI=1S/C36H30NP/c37-35(25-11-3-1-4-12-25)36(26-13-5-2-6-14-26)38-23-31-19-27-15-7-9-17-29(27)21-33(31)34-22-30-18-10-8-16-28(30)20-32(34)24-38/h1-22,35-36H,23-24,37H2/t35-,36-/m0/s1. The smallest absolute Gasteiger partial charge is 0.0404 e. The van der Waals surface area contributed by atoms with Gasteiger partial charge in [-0.05, 0) is 79.4 Å². The Morgan fingerprint density at radius 2 is 0.868 bits per heavy atom. The molecule has 0 bridgehead atoms. The van der Waals surface area contributed by atoms with E-state index in [0.717, 1.165) is 12.3 Å². The van der Waals surface area contributed by atoms with Crippen LogP contribution >= 0.6 is 7.92 Å². The van der Waals surface area contributed by atoms with Crippen LogP contribution in [-0.4, -0.2) is 0 Å². The lowest BCUT2D eigenvalue weighted by Crippen LogP contribution is -2.20. The van der Waals surface area contributed by atoms with Gasteiger partial charge in [0.2, 0.25) is 0 Å². The molecule has 6 aromatic carbocycles. The molecule has 0 radical (unpaired) electrons. The third-order valence-corrected chi connectivity index (χ3v) is 10.9. The predicted molar refractivity (Wildman–Crippen MR) is 164 cm³/mol. The first-order valence-corrected chi connectivity index (χ1v) is 15.2. The van der Waals surface area contributed by atoms with Crippen LogP contribution in [0.2, 0.25) is 0 Å². The first-order chi connectivity index (χ1) is 18.7. The van der Waals surface area contributed by atoms with E-state index in [4.69, 9.17) is 5.73 Å². The van der Waals surface area contributed by atoms with Gasteiger partial charge >= 0.3 is 0 Å². The highest BCUT2D eigenvalue weighted by Crippen LogP contribution is 2.63. The molecule has 0 aromatic heterocycles. The van der Waals surface area contributed by atoms with E-state index in [2.05, 4.69) is 133 Å². The molecule has 1 aliphatic rings. The summed E-state index contributed by atoms with van der Waals surface area (Å²) in [6.07, 6.45) is 2.11. The fourth-order valence-electron chi connectivity index (χ4n) is 6.18. The number of benzene rings is 6. The highest BCUT2D eigenvalue weighted by molar-refractivity contribution is 7.56. The summed E-state index contributed by atoms with van der Waals surface area (Å²) in [5.74, 6) is 0. The minimum Gasteiger partial charge on any atom is -0.323 e. The van der Waals surface area contributed by atoms with Gasteiger partial charge in [-0.3, -0.25) is 0 Å². The van der Waals surface area contributed by atoms with Gasteiger partial charge in [0, 0.05) is 11.7 Å². The summed E-state index contributed by atoms with van der Waals surface area (Å²) in [5, 5.41) is 5.23. The Morgan fingerprint density at radius 1 is 0.474 bits per heavy atom. The molecule has 7 rings (SSSR count). The minimum absolute atomic E-state index is 0.0596. The molecular formula is C36H30NP.